The molecule has 0 amide bonds. The molecular formula is C14H13F. The number of benzene rings is 2. The number of alkyl halides is 1. The van der Waals surface area contributed by atoms with E-state index in [-0.39, 0.29) is 0 Å². The standard InChI is InChI=1S/C14H13F/c1-11-7-9-13(10-8-11)14(15)12-5-3-2-4-6-12/h2-10,14H,1H3. The van der Waals surface area contributed by atoms with E-state index in [2.05, 4.69) is 0 Å². The normalized spacial score (nSPS) is 12.4. The van der Waals surface area contributed by atoms with E-state index >= 15 is 0 Å². The zero-order chi connectivity index (χ0) is 10.7. The van der Waals surface area contributed by atoms with Crippen LogP contribution in [0.25, 0.3) is 0 Å². The molecule has 0 aliphatic rings. The third-order valence-electron chi connectivity index (χ3n) is 2.46. The molecule has 0 nitrogen and oxygen atoms in total. The molecule has 15 heavy (non-hydrogen) atoms. The number of rotatable bonds is 2. The molecule has 0 spiro atoms. The Morgan fingerprint density at radius 1 is 0.800 bits per heavy atom. The van der Waals surface area contributed by atoms with Crippen molar-refractivity contribution in [2.24, 2.45) is 0 Å². The quantitative estimate of drug-likeness (QED) is 0.686. The first-order chi connectivity index (χ1) is 7.27. The van der Waals surface area contributed by atoms with Gasteiger partial charge in [0.05, 0.1) is 0 Å². The summed E-state index contributed by atoms with van der Waals surface area (Å²) in [5, 5.41) is 0. The number of hydrogen-bond acceptors (Lipinski definition) is 0. The summed E-state index contributed by atoms with van der Waals surface area (Å²) in [6.07, 6.45) is -1.02. The molecule has 0 N–H and O–H groups in total. The summed E-state index contributed by atoms with van der Waals surface area (Å²) in [7, 11) is 0. The summed E-state index contributed by atoms with van der Waals surface area (Å²) in [5.41, 5.74) is 2.58. The van der Waals surface area contributed by atoms with Crippen LogP contribution >= 0.6 is 0 Å². The first-order valence-electron chi connectivity index (χ1n) is 5.03. The molecule has 2 aromatic rings. The Bertz CT molecular complexity index is 417. The first kappa shape index (κ1) is 9.91. The van der Waals surface area contributed by atoms with Gasteiger partial charge in [-0.2, -0.15) is 0 Å². The van der Waals surface area contributed by atoms with Gasteiger partial charge in [-0.15, -0.1) is 0 Å². The summed E-state index contributed by atoms with van der Waals surface area (Å²) in [5.74, 6) is 0. The molecule has 2 aromatic carbocycles. The lowest BCUT2D eigenvalue weighted by Crippen LogP contribution is -1.93. The van der Waals surface area contributed by atoms with Gasteiger partial charge < -0.3 is 0 Å². The fourth-order valence-electron chi connectivity index (χ4n) is 1.55. The average Bonchev–Trinajstić information content (AvgIpc) is 2.30. The Hall–Kier alpha value is -1.63. The van der Waals surface area contributed by atoms with Crippen LogP contribution in [-0.4, -0.2) is 0 Å². The van der Waals surface area contributed by atoms with Crippen LogP contribution in [0, 0.1) is 6.92 Å². The van der Waals surface area contributed by atoms with Crippen molar-refractivity contribution >= 4 is 0 Å². The van der Waals surface area contributed by atoms with Crippen molar-refractivity contribution in [3.8, 4) is 0 Å². The molecule has 0 aliphatic carbocycles. The zero-order valence-electron chi connectivity index (χ0n) is 8.65. The maximum Gasteiger partial charge on any atom is 0.150 e. The van der Waals surface area contributed by atoms with Gasteiger partial charge in [0.25, 0.3) is 0 Å². The van der Waals surface area contributed by atoms with Gasteiger partial charge in [0.15, 0.2) is 6.17 Å². The molecule has 0 aromatic heterocycles. The molecule has 0 saturated heterocycles. The fourth-order valence-corrected chi connectivity index (χ4v) is 1.55. The van der Waals surface area contributed by atoms with Crippen molar-refractivity contribution in [2.75, 3.05) is 0 Å². The molecule has 76 valence electrons. The largest absolute Gasteiger partial charge is 0.237 e. The Kier molecular flexibility index (Phi) is 2.82. The molecule has 1 unspecified atom stereocenters. The second-order valence-electron chi connectivity index (χ2n) is 3.68. The molecule has 1 atom stereocenters. The van der Waals surface area contributed by atoms with E-state index in [9.17, 15) is 4.39 Å². The predicted molar refractivity (Wildman–Crippen MR) is 60.6 cm³/mol. The predicted octanol–water partition coefficient (Wildman–Crippen LogP) is 4.05. The lowest BCUT2D eigenvalue weighted by Gasteiger charge is -2.08. The SMILES string of the molecule is Cc1ccc(C(F)c2ccccc2)cc1. The molecule has 0 fully saturated rings. The summed E-state index contributed by atoms with van der Waals surface area (Å²) < 4.78 is 14.0. The van der Waals surface area contributed by atoms with E-state index in [0.717, 1.165) is 5.56 Å². The van der Waals surface area contributed by atoms with Crippen LogP contribution in [0.2, 0.25) is 0 Å². The van der Waals surface area contributed by atoms with Gasteiger partial charge in [-0.1, -0.05) is 60.2 Å². The highest BCUT2D eigenvalue weighted by Gasteiger charge is 2.10. The van der Waals surface area contributed by atoms with Crippen molar-refractivity contribution in [2.45, 2.75) is 13.1 Å². The second kappa shape index (κ2) is 4.26. The van der Waals surface area contributed by atoms with Gasteiger partial charge in [0, 0.05) is 0 Å². The number of hydrogen-bond donors (Lipinski definition) is 0. The highest BCUT2D eigenvalue weighted by atomic mass is 19.1. The summed E-state index contributed by atoms with van der Waals surface area (Å²) in [6, 6.07) is 16.8. The third kappa shape index (κ3) is 2.24. The van der Waals surface area contributed by atoms with Gasteiger partial charge in [0.1, 0.15) is 0 Å². The smallest absolute Gasteiger partial charge is 0.150 e. The van der Waals surface area contributed by atoms with E-state index in [0.29, 0.717) is 11.1 Å². The minimum Gasteiger partial charge on any atom is -0.237 e. The van der Waals surface area contributed by atoms with Crippen LogP contribution < -0.4 is 0 Å². The van der Waals surface area contributed by atoms with Crippen LogP contribution in [0.1, 0.15) is 22.9 Å². The van der Waals surface area contributed by atoms with Crippen molar-refractivity contribution in [3.05, 3.63) is 71.3 Å². The van der Waals surface area contributed by atoms with Gasteiger partial charge in [-0.25, -0.2) is 4.39 Å². The number of aryl methyl sites for hydroxylation is 1. The Morgan fingerprint density at radius 2 is 1.33 bits per heavy atom. The maximum absolute atomic E-state index is 14.0. The topological polar surface area (TPSA) is 0 Å². The highest BCUT2D eigenvalue weighted by molar-refractivity contribution is 5.31. The Labute approximate surface area is 89.4 Å². The van der Waals surface area contributed by atoms with Gasteiger partial charge in [0.2, 0.25) is 0 Å². The van der Waals surface area contributed by atoms with Gasteiger partial charge >= 0.3 is 0 Å². The van der Waals surface area contributed by atoms with Crippen LogP contribution in [0.5, 0.6) is 0 Å². The molecule has 1 heteroatoms. The van der Waals surface area contributed by atoms with E-state index in [4.69, 9.17) is 0 Å². The average molecular weight is 200 g/mol. The monoisotopic (exact) mass is 200 g/mol. The van der Waals surface area contributed by atoms with Crippen molar-refractivity contribution in [1.82, 2.24) is 0 Å². The summed E-state index contributed by atoms with van der Waals surface area (Å²) in [6.45, 7) is 2.00. The van der Waals surface area contributed by atoms with Crippen LogP contribution in [0.3, 0.4) is 0 Å². The molecule has 0 bridgehead atoms. The van der Waals surface area contributed by atoms with Crippen LogP contribution in [0.15, 0.2) is 54.6 Å². The van der Waals surface area contributed by atoms with Crippen LogP contribution in [-0.2, 0) is 0 Å². The second-order valence-corrected chi connectivity index (χ2v) is 3.68. The van der Waals surface area contributed by atoms with Crippen molar-refractivity contribution in [1.29, 1.82) is 0 Å². The minimum absolute atomic E-state index is 0.710. The minimum atomic E-state index is -1.02. The lowest BCUT2D eigenvalue weighted by molar-refractivity contribution is 0.402. The summed E-state index contributed by atoms with van der Waals surface area (Å²) in [4.78, 5) is 0. The summed E-state index contributed by atoms with van der Waals surface area (Å²) >= 11 is 0. The van der Waals surface area contributed by atoms with E-state index in [1.807, 2.05) is 61.5 Å². The fraction of sp³-hybridized carbons (Fsp3) is 0.143. The molecule has 0 heterocycles. The van der Waals surface area contributed by atoms with E-state index < -0.39 is 6.17 Å². The third-order valence-corrected chi connectivity index (χ3v) is 2.46. The first-order valence-corrected chi connectivity index (χ1v) is 5.03. The molecule has 0 aliphatic heterocycles. The van der Waals surface area contributed by atoms with E-state index in [1.165, 1.54) is 0 Å². The maximum atomic E-state index is 14.0. The van der Waals surface area contributed by atoms with Gasteiger partial charge in [-0.05, 0) is 18.1 Å². The van der Waals surface area contributed by atoms with Gasteiger partial charge in [-0.3, -0.25) is 0 Å². The molecule has 0 saturated carbocycles. The molecular weight excluding hydrogens is 187 g/mol. The Morgan fingerprint density at radius 3 is 1.93 bits per heavy atom. The zero-order valence-corrected chi connectivity index (χ0v) is 8.65. The Balaban J connectivity index is 2.29. The van der Waals surface area contributed by atoms with Crippen molar-refractivity contribution < 1.29 is 4.39 Å². The van der Waals surface area contributed by atoms with Crippen molar-refractivity contribution in [3.63, 3.8) is 0 Å². The molecule has 0 radical (unpaired) electrons. The number of halogens is 1. The lowest BCUT2D eigenvalue weighted by atomic mass is 10.0. The molecule has 2 rings (SSSR count). The highest BCUT2D eigenvalue weighted by Crippen LogP contribution is 2.25. The van der Waals surface area contributed by atoms with Crippen LogP contribution in [0.4, 0.5) is 4.39 Å². The van der Waals surface area contributed by atoms with E-state index in [1.54, 1.807) is 0 Å².